The van der Waals surface area contributed by atoms with Gasteiger partial charge in [0.05, 0.1) is 30.6 Å². The number of methoxy groups -OCH3 is 2. The summed E-state index contributed by atoms with van der Waals surface area (Å²) in [6.07, 6.45) is 0.364. The molecule has 0 spiro atoms. The van der Waals surface area contributed by atoms with Crippen molar-refractivity contribution in [2.24, 2.45) is 5.92 Å². The molecule has 0 aliphatic heterocycles. The van der Waals surface area contributed by atoms with E-state index in [0.29, 0.717) is 28.2 Å². The highest BCUT2D eigenvalue weighted by molar-refractivity contribution is 8.04. The van der Waals surface area contributed by atoms with Gasteiger partial charge in [-0.2, -0.15) is 0 Å². The summed E-state index contributed by atoms with van der Waals surface area (Å²) in [6, 6.07) is 9.66. The topological polar surface area (TPSA) is 99.2 Å². The highest BCUT2D eigenvalue weighted by Gasteiger charge is 2.37. The monoisotopic (exact) mass is 471 g/mol. The van der Waals surface area contributed by atoms with Crippen LogP contribution in [0.15, 0.2) is 52.3 Å². The summed E-state index contributed by atoms with van der Waals surface area (Å²) >= 11 is 0. The van der Waals surface area contributed by atoms with Gasteiger partial charge < -0.3 is 14.2 Å². The fraction of sp³-hybridized carbons (Fsp3) is 0.429. The van der Waals surface area contributed by atoms with Crippen LogP contribution in [0, 0.1) is 5.92 Å². The van der Waals surface area contributed by atoms with Crippen LogP contribution in [0.2, 0.25) is 0 Å². The predicted octanol–water partition coefficient (Wildman–Crippen LogP) is 3.53. The van der Waals surface area contributed by atoms with E-state index < -0.39 is 20.0 Å². The first-order valence-electron chi connectivity index (χ1n) is 9.80. The molecule has 0 bridgehead atoms. The summed E-state index contributed by atoms with van der Waals surface area (Å²) in [5.41, 5.74) is 0. The minimum atomic E-state index is -4.40. The number of hydrogen-bond acceptors (Lipinski definition) is 7. The summed E-state index contributed by atoms with van der Waals surface area (Å²) in [6.45, 7) is 5.84. The smallest absolute Gasteiger partial charge is 0.256 e. The molecule has 0 radical (unpaired) electrons. The van der Waals surface area contributed by atoms with E-state index in [1.54, 1.807) is 0 Å². The number of ether oxygens (including phenoxy) is 3. The Hall–Kier alpha value is -2.30. The molecule has 0 fully saturated rings. The molecule has 31 heavy (non-hydrogen) atoms. The zero-order chi connectivity index (χ0) is 23.2. The highest BCUT2D eigenvalue weighted by atomic mass is 32.3. The van der Waals surface area contributed by atoms with Crippen LogP contribution in [-0.2, 0) is 20.0 Å². The Morgan fingerprint density at radius 1 is 0.839 bits per heavy atom. The molecule has 0 aromatic heterocycles. The molecular formula is C21H29NO7S2. The number of benzene rings is 2. The third-order valence-electron chi connectivity index (χ3n) is 4.51. The summed E-state index contributed by atoms with van der Waals surface area (Å²) < 4.78 is 69.8. The van der Waals surface area contributed by atoms with Crippen LogP contribution in [0.25, 0.3) is 0 Å². The average molecular weight is 472 g/mol. The molecule has 2 aromatic carbocycles. The van der Waals surface area contributed by atoms with Gasteiger partial charge in [0, 0.05) is 12.6 Å². The van der Waals surface area contributed by atoms with E-state index in [0.717, 1.165) is 0 Å². The van der Waals surface area contributed by atoms with Crippen LogP contribution in [0.1, 0.15) is 27.2 Å². The van der Waals surface area contributed by atoms with E-state index in [9.17, 15) is 16.8 Å². The second-order valence-corrected chi connectivity index (χ2v) is 11.1. The van der Waals surface area contributed by atoms with Crippen LogP contribution < -0.4 is 14.2 Å². The molecule has 0 aliphatic carbocycles. The zero-order valence-corrected chi connectivity index (χ0v) is 20.0. The Kier molecular flexibility index (Phi) is 8.33. The molecule has 2 rings (SSSR count). The predicted molar refractivity (Wildman–Crippen MR) is 118 cm³/mol. The van der Waals surface area contributed by atoms with Gasteiger partial charge in [-0.05, 0) is 55.7 Å². The number of sulfonamides is 2. The molecule has 0 aliphatic rings. The molecule has 172 valence electrons. The van der Waals surface area contributed by atoms with Crippen LogP contribution >= 0.6 is 0 Å². The van der Waals surface area contributed by atoms with Gasteiger partial charge in [0.25, 0.3) is 20.0 Å². The van der Waals surface area contributed by atoms with Gasteiger partial charge in [0.1, 0.15) is 5.75 Å². The zero-order valence-electron chi connectivity index (χ0n) is 18.4. The average Bonchev–Trinajstić information content (AvgIpc) is 2.73. The van der Waals surface area contributed by atoms with Gasteiger partial charge in [0.2, 0.25) is 0 Å². The van der Waals surface area contributed by atoms with Gasteiger partial charge in [-0.3, -0.25) is 0 Å². The molecule has 2 aromatic rings. The number of rotatable bonds is 11. The fourth-order valence-electron chi connectivity index (χ4n) is 2.82. The van der Waals surface area contributed by atoms with Crippen molar-refractivity contribution in [2.75, 3.05) is 27.4 Å². The van der Waals surface area contributed by atoms with Crippen LogP contribution in [0.3, 0.4) is 0 Å². The minimum Gasteiger partial charge on any atom is -0.494 e. The Morgan fingerprint density at radius 2 is 1.39 bits per heavy atom. The van der Waals surface area contributed by atoms with Crippen molar-refractivity contribution in [1.29, 1.82) is 0 Å². The van der Waals surface area contributed by atoms with Crippen molar-refractivity contribution in [3.63, 3.8) is 0 Å². The lowest BCUT2D eigenvalue weighted by Gasteiger charge is -2.23. The van der Waals surface area contributed by atoms with Crippen LogP contribution in [0.4, 0.5) is 0 Å². The normalized spacial score (nSPS) is 12.2. The first-order valence-corrected chi connectivity index (χ1v) is 12.7. The van der Waals surface area contributed by atoms with Gasteiger partial charge in [-0.15, -0.1) is 0 Å². The maximum Gasteiger partial charge on any atom is 0.256 e. The third kappa shape index (κ3) is 5.69. The van der Waals surface area contributed by atoms with Crippen LogP contribution in [-0.4, -0.2) is 47.9 Å². The lowest BCUT2D eigenvalue weighted by atomic mass is 10.1. The van der Waals surface area contributed by atoms with Gasteiger partial charge in [-0.25, -0.2) is 16.8 Å². The van der Waals surface area contributed by atoms with Crippen molar-refractivity contribution in [3.8, 4) is 17.2 Å². The summed E-state index contributed by atoms with van der Waals surface area (Å²) in [5.74, 6) is 1.12. The second-order valence-electron chi connectivity index (χ2n) is 7.11. The molecule has 0 saturated carbocycles. The summed E-state index contributed by atoms with van der Waals surface area (Å²) in [5, 5.41) is 0. The van der Waals surface area contributed by atoms with E-state index >= 15 is 0 Å². The number of hydrogen-bond donors (Lipinski definition) is 0. The quantitative estimate of drug-likeness (QED) is 0.494. The SMILES string of the molecule is CCOc1ccc(S(=O)(=O)N(CCC(C)C)S(=O)(=O)c2ccc(OC)c(OC)c2)cc1. The van der Waals surface area contributed by atoms with Crippen molar-refractivity contribution >= 4 is 20.0 Å². The van der Waals surface area contributed by atoms with E-state index in [1.807, 2.05) is 20.8 Å². The molecule has 8 nitrogen and oxygen atoms in total. The largest absolute Gasteiger partial charge is 0.494 e. The van der Waals surface area contributed by atoms with Crippen molar-refractivity contribution in [1.82, 2.24) is 3.71 Å². The molecule has 0 N–H and O–H groups in total. The van der Waals surface area contributed by atoms with E-state index in [2.05, 4.69) is 0 Å². The molecular weight excluding hydrogens is 442 g/mol. The Bertz CT molecular complexity index is 1080. The summed E-state index contributed by atoms with van der Waals surface area (Å²) in [4.78, 5) is -0.341. The molecule has 0 heterocycles. The Morgan fingerprint density at radius 3 is 1.90 bits per heavy atom. The van der Waals surface area contributed by atoms with Gasteiger partial charge in [0.15, 0.2) is 11.5 Å². The van der Waals surface area contributed by atoms with E-state index in [1.165, 1.54) is 56.7 Å². The molecule has 0 unspecified atom stereocenters. The van der Waals surface area contributed by atoms with E-state index in [-0.39, 0.29) is 28.0 Å². The van der Waals surface area contributed by atoms with Crippen LogP contribution in [0.5, 0.6) is 17.2 Å². The standard InChI is InChI=1S/C21H29NO7S2/c1-6-29-17-7-9-18(10-8-17)30(23,24)22(14-13-16(2)3)31(25,26)19-11-12-20(27-4)21(15-19)28-5/h7-12,15-16H,6,13-14H2,1-5H3. The van der Waals surface area contributed by atoms with E-state index in [4.69, 9.17) is 14.2 Å². The second kappa shape index (κ2) is 10.3. The van der Waals surface area contributed by atoms with Crippen molar-refractivity contribution in [3.05, 3.63) is 42.5 Å². The lowest BCUT2D eigenvalue weighted by molar-refractivity contribution is 0.340. The first kappa shape index (κ1) is 25.0. The lowest BCUT2D eigenvalue weighted by Crippen LogP contribution is -2.38. The number of nitrogens with zero attached hydrogens (tertiary/aromatic N) is 1. The summed E-state index contributed by atoms with van der Waals surface area (Å²) in [7, 11) is -5.95. The van der Waals surface area contributed by atoms with Crippen molar-refractivity contribution in [2.45, 2.75) is 37.0 Å². The van der Waals surface area contributed by atoms with Gasteiger partial charge >= 0.3 is 0 Å². The molecule has 0 atom stereocenters. The Labute approximate surface area is 184 Å². The highest BCUT2D eigenvalue weighted by Crippen LogP contribution is 2.33. The molecule has 10 heteroatoms. The van der Waals surface area contributed by atoms with Crippen molar-refractivity contribution < 1.29 is 31.0 Å². The fourth-order valence-corrected chi connectivity index (χ4v) is 6.51. The molecule has 0 amide bonds. The minimum absolute atomic E-state index is 0.0960. The maximum absolute atomic E-state index is 13.4. The molecule has 0 saturated heterocycles. The Balaban J connectivity index is 2.56. The third-order valence-corrected chi connectivity index (χ3v) is 8.84. The first-order chi connectivity index (χ1) is 14.6. The van der Waals surface area contributed by atoms with Gasteiger partial charge in [-0.1, -0.05) is 17.6 Å². The maximum atomic E-state index is 13.4.